The van der Waals surface area contributed by atoms with Crippen molar-refractivity contribution in [1.29, 1.82) is 0 Å². The summed E-state index contributed by atoms with van der Waals surface area (Å²) in [5.74, 6) is -0.258. The van der Waals surface area contributed by atoms with Crippen LogP contribution in [0.25, 0.3) is 6.08 Å². The fourth-order valence-corrected chi connectivity index (χ4v) is 2.26. The van der Waals surface area contributed by atoms with E-state index in [0.29, 0.717) is 4.88 Å². The number of rotatable bonds is 2. The van der Waals surface area contributed by atoms with Gasteiger partial charge in [0.05, 0.1) is 7.11 Å². The predicted octanol–water partition coefficient (Wildman–Crippen LogP) is 3.27. The molecule has 76 valence electrons. The fourth-order valence-electron chi connectivity index (χ4n) is 1.10. The summed E-state index contributed by atoms with van der Waals surface area (Å²) >= 11 is 1.47. The summed E-state index contributed by atoms with van der Waals surface area (Å²) in [6, 6.07) is 1.87. The van der Waals surface area contributed by atoms with Crippen molar-refractivity contribution in [2.24, 2.45) is 0 Å². The Bertz CT molecular complexity index is 371. The van der Waals surface area contributed by atoms with Crippen LogP contribution in [-0.2, 0) is 4.74 Å². The second-order valence-corrected chi connectivity index (χ2v) is 4.45. The van der Waals surface area contributed by atoms with Crippen LogP contribution < -0.4 is 0 Å². The van der Waals surface area contributed by atoms with Crippen molar-refractivity contribution in [3.63, 3.8) is 0 Å². The van der Waals surface area contributed by atoms with Crippen LogP contribution in [0.2, 0.25) is 0 Å². The van der Waals surface area contributed by atoms with Crippen molar-refractivity contribution in [3.8, 4) is 0 Å². The van der Waals surface area contributed by atoms with Crippen LogP contribution in [0.4, 0.5) is 0 Å². The highest BCUT2D eigenvalue weighted by atomic mass is 32.1. The summed E-state index contributed by atoms with van der Waals surface area (Å²) in [4.78, 5) is 13.0. The minimum atomic E-state index is -0.258. The van der Waals surface area contributed by atoms with E-state index in [9.17, 15) is 4.79 Å². The van der Waals surface area contributed by atoms with Crippen molar-refractivity contribution in [2.75, 3.05) is 7.11 Å². The van der Waals surface area contributed by atoms with Crippen LogP contribution in [0.3, 0.4) is 0 Å². The molecule has 0 N–H and O–H groups in total. The highest BCUT2D eigenvalue weighted by Gasteiger charge is 2.10. The average Bonchev–Trinajstić information content (AvgIpc) is 2.46. The highest BCUT2D eigenvalue weighted by molar-refractivity contribution is 7.15. The van der Waals surface area contributed by atoms with Gasteiger partial charge in [0, 0.05) is 4.88 Å². The molecule has 14 heavy (non-hydrogen) atoms. The SMILES string of the molecule is COC(=O)c1cc(C)c(C=C(C)C)s1. The highest BCUT2D eigenvalue weighted by Crippen LogP contribution is 2.24. The Labute approximate surface area is 88.2 Å². The summed E-state index contributed by atoms with van der Waals surface area (Å²) in [6.07, 6.45) is 2.08. The van der Waals surface area contributed by atoms with E-state index in [1.807, 2.05) is 26.8 Å². The van der Waals surface area contributed by atoms with Gasteiger partial charge in [-0.25, -0.2) is 4.79 Å². The summed E-state index contributed by atoms with van der Waals surface area (Å²) < 4.78 is 4.66. The fraction of sp³-hybridized carbons (Fsp3) is 0.364. The number of hydrogen-bond acceptors (Lipinski definition) is 3. The van der Waals surface area contributed by atoms with Gasteiger partial charge in [-0.1, -0.05) is 5.57 Å². The minimum Gasteiger partial charge on any atom is -0.465 e. The third-order valence-electron chi connectivity index (χ3n) is 1.76. The Hall–Kier alpha value is -1.09. The first-order valence-electron chi connectivity index (χ1n) is 4.38. The first-order chi connectivity index (χ1) is 6.54. The summed E-state index contributed by atoms with van der Waals surface area (Å²) in [7, 11) is 1.40. The molecule has 0 saturated carbocycles. The molecule has 1 heterocycles. The molecule has 0 aromatic carbocycles. The molecule has 0 aliphatic carbocycles. The minimum absolute atomic E-state index is 0.258. The number of allylic oxidation sites excluding steroid dienone is 1. The van der Waals surface area contributed by atoms with Gasteiger partial charge >= 0.3 is 5.97 Å². The number of methoxy groups -OCH3 is 1. The van der Waals surface area contributed by atoms with Gasteiger partial charge in [-0.2, -0.15) is 0 Å². The zero-order valence-corrected chi connectivity index (χ0v) is 9.70. The van der Waals surface area contributed by atoms with Crippen LogP contribution in [-0.4, -0.2) is 13.1 Å². The lowest BCUT2D eigenvalue weighted by Crippen LogP contribution is -1.96. The third kappa shape index (κ3) is 2.45. The maximum atomic E-state index is 11.2. The molecule has 1 aromatic heterocycles. The van der Waals surface area contributed by atoms with E-state index in [0.717, 1.165) is 10.4 Å². The molecule has 0 atom stereocenters. The van der Waals surface area contributed by atoms with E-state index < -0.39 is 0 Å². The standard InChI is InChI=1S/C11H14O2S/c1-7(2)5-9-8(3)6-10(14-9)11(12)13-4/h5-6H,1-4H3. The summed E-state index contributed by atoms with van der Waals surface area (Å²) in [6.45, 7) is 6.08. The molecule has 0 unspecified atom stereocenters. The number of esters is 1. The maximum Gasteiger partial charge on any atom is 0.348 e. The molecule has 2 nitrogen and oxygen atoms in total. The van der Waals surface area contributed by atoms with Crippen molar-refractivity contribution in [2.45, 2.75) is 20.8 Å². The van der Waals surface area contributed by atoms with E-state index in [4.69, 9.17) is 0 Å². The molecule has 0 radical (unpaired) electrons. The largest absolute Gasteiger partial charge is 0.465 e. The van der Waals surface area contributed by atoms with E-state index in [-0.39, 0.29) is 5.97 Å². The van der Waals surface area contributed by atoms with Gasteiger partial charge in [0.15, 0.2) is 0 Å². The molecule has 0 spiro atoms. The molecule has 0 aliphatic rings. The topological polar surface area (TPSA) is 26.3 Å². The van der Waals surface area contributed by atoms with Crippen molar-refractivity contribution < 1.29 is 9.53 Å². The second-order valence-electron chi connectivity index (χ2n) is 3.37. The van der Waals surface area contributed by atoms with E-state index in [2.05, 4.69) is 10.8 Å². The number of carbonyl (C=O) groups excluding carboxylic acids is 1. The zero-order valence-electron chi connectivity index (χ0n) is 8.88. The smallest absolute Gasteiger partial charge is 0.348 e. The lowest BCUT2D eigenvalue weighted by atomic mass is 10.2. The third-order valence-corrected chi connectivity index (χ3v) is 2.93. The number of ether oxygens (including phenoxy) is 1. The first-order valence-corrected chi connectivity index (χ1v) is 5.20. The van der Waals surface area contributed by atoms with Crippen molar-refractivity contribution in [1.82, 2.24) is 0 Å². The van der Waals surface area contributed by atoms with Crippen molar-refractivity contribution in [3.05, 3.63) is 27.0 Å². The summed E-state index contributed by atoms with van der Waals surface area (Å²) in [5.41, 5.74) is 2.35. The predicted molar refractivity (Wildman–Crippen MR) is 59.7 cm³/mol. The summed E-state index contributed by atoms with van der Waals surface area (Å²) in [5, 5.41) is 0. The first kappa shape index (κ1) is 11.0. The van der Waals surface area contributed by atoms with Gasteiger partial charge < -0.3 is 4.74 Å². The number of aryl methyl sites for hydroxylation is 1. The zero-order chi connectivity index (χ0) is 10.7. The second kappa shape index (κ2) is 4.42. The lowest BCUT2D eigenvalue weighted by Gasteiger charge is -1.91. The molecule has 0 bridgehead atoms. The molecule has 1 rings (SSSR count). The Morgan fingerprint density at radius 2 is 2.14 bits per heavy atom. The van der Waals surface area contributed by atoms with E-state index in [1.54, 1.807) is 0 Å². The molecule has 0 amide bonds. The molecule has 0 aliphatic heterocycles. The molecule has 0 fully saturated rings. The Balaban J connectivity index is 3.05. The molecule has 1 aromatic rings. The number of hydrogen-bond donors (Lipinski definition) is 0. The molecular weight excluding hydrogens is 196 g/mol. The molecule has 0 saturated heterocycles. The van der Waals surface area contributed by atoms with Gasteiger partial charge in [0.2, 0.25) is 0 Å². The van der Waals surface area contributed by atoms with Crippen LogP contribution in [0.1, 0.15) is 34.0 Å². The van der Waals surface area contributed by atoms with Crippen LogP contribution >= 0.6 is 11.3 Å². The van der Waals surface area contributed by atoms with Gasteiger partial charge in [0.25, 0.3) is 0 Å². The van der Waals surface area contributed by atoms with E-state index >= 15 is 0 Å². The van der Waals surface area contributed by atoms with Gasteiger partial charge in [0.1, 0.15) is 4.88 Å². The van der Waals surface area contributed by atoms with Crippen LogP contribution in [0.15, 0.2) is 11.6 Å². The normalized spacial score (nSPS) is 9.71. The monoisotopic (exact) mass is 210 g/mol. The van der Waals surface area contributed by atoms with Gasteiger partial charge in [-0.05, 0) is 38.5 Å². The van der Waals surface area contributed by atoms with Crippen LogP contribution in [0, 0.1) is 6.92 Å². The Kier molecular flexibility index (Phi) is 3.47. The molecule has 3 heteroatoms. The van der Waals surface area contributed by atoms with E-state index in [1.165, 1.54) is 24.0 Å². The van der Waals surface area contributed by atoms with Crippen LogP contribution in [0.5, 0.6) is 0 Å². The van der Waals surface area contributed by atoms with Gasteiger partial charge in [-0.15, -0.1) is 11.3 Å². The quantitative estimate of drug-likeness (QED) is 0.700. The average molecular weight is 210 g/mol. The number of thiophene rings is 1. The van der Waals surface area contributed by atoms with Crippen molar-refractivity contribution >= 4 is 23.4 Å². The maximum absolute atomic E-state index is 11.2. The Morgan fingerprint density at radius 1 is 1.50 bits per heavy atom. The lowest BCUT2D eigenvalue weighted by molar-refractivity contribution is 0.0606. The number of carbonyl (C=O) groups is 1. The van der Waals surface area contributed by atoms with Gasteiger partial charge in [-0.3, -0.25) is 0 Å². The Morgan fingerprint density at radius 3 is 2.64 bits per heavy atom. The molecular formula is C11H14O2S.